The van der Waals surface area contributed by atoms with Crippen LogP contribution >= 0.6 is 11.3 Å². The average molecular weight is 365 g/mol. The molecular formula is C18H19N7S. The summed E-state index contributed by atoms with van der Waals surface area (Å²) in [6, 6.07) is 6.39. The van der Waals surface area contributed by atoms with Crippen LogP contribution in [0.4, 0.5) is 10.9 Å². The zero-order chi connectivity index (χ0) is 17.5. The maximum absolute atomic E-state index is 4.90. The molecule has 0 aliphatic carbocycles. The highest BCUT2D eigenvalue weighted by Crippen LogP contribution is 2.31. The Balaban J connectivity index is 1.41. The summed E-state index contributed by atoms with van der Waals surface area (Å²) in [5.41, 5.74) is 3.18. The van der Waals surface area contributed by atoms with E-state index in [4.69, 9.17) is 4.98 Å². The van der Waals surface area contributed by atoms with Gasteiger partial charge in [0.2, 0.25) is 5.65 Å². The number of benzene rings is 1. The number of nitrogens with zero attached hydrogens (tertiary/aromatic N) is 7. The largest absolute Gasteiger partial charge is 0.352 e. The maximum atomic E-state index is 4.90. The van der Waals surface area contributed by atoms with Gasteiger partial charge in [0, 0.05) is 38.6 Å². The summed E-state index contributed by atoms with van der Waals surface area (Å²) in [7, 11) is 0. The molecule has 132 valence electrons. The molecule has 0 bridgehead atoms. The number of thiazole rings is 1. The Labute approximate surface area is 154 Å². The normalized spacial score (nSPS) is 15.7. The van der Waals surface area contributed by atoms with Crippen molar-refractivity contribution in [1.82, 2.24) is 24.6 Å². The minimum absolute atomic E-state index is 0.816. The minimum atomic E-state index is 0.816. The zero-order valence-corrected chi connectivity index (χ0v) is 15.4. The molecule has 0 radical (unpaired) electrons. The second-order valence-corrected chi connectivity index (χ2v) is 7.57. The summed E-state index contributed by atoms with van der Waals surface area (Å²) in [5, 5.41) is 9.34. The number of aryl methyl sites for hydroxylation is 1. The Kier molecular flexibility index (Phi) is 3.70. The predicted molar refractivity (Wildman–Crippen MR) is 104 cm³/mol. The van der Waals surface area contributed by atoms with Crippen LogP contribution in [0.3, 0.4) is 0 Å². The van der Waals surface area contributed by atoms with E-state index in [0.29, 0.717) is 0 Å². The first-order valence-corrected chi connectivity index (χ1v) is 9.62. The molecule has 0 amide bonds. The predicted octanol–water partition coefficient (Wildman–Crippen LogP) is 2.76. The van der Waals surface area contributed by atoms with Gasteiger partial charge in [0.1, 0.15) is 6.33 Å². The number of hydrogen-bond acceptors (Lipinski definition) is 7. The quantitative estimate of drug-likeness (QED) is 0.544. The summed E-state index contributed by atoms with van der Waals surface area (Å²) in [5.74, 6) is 0.909. The molecule has 0 saturated carbocycles. The molecule has 1 aliphatic rings. The van der Waals surface area contributed by atoms with Crippen molar-refractivity contribution in [3.05, 3.63) is 42.5 Å². The first-order chi connectivity index (χ1) is 12.8. The van der Waals surface area contributed by atoms with Crippen LogP contribution in [0.5, 0.6) is 0 Å². The van der Waals surface area contributed by atoms with E-state index in [2.05, 4.69) is 50.1 Å². The van der Waals surface area contributed by atoms with E-state index in [1.807, 2.05) is 16.8 Å². The van der Waals surface area contributed by atoms with Gasteiger partial charge in [0.25, 0.3) is 0 Å². The Bertz CT molecular complexity index is 1070. The van der Waals surface area contributed by atoms with Gasteiger partial charge < -0.3 is 9.80 Å². The van der Waals surface area contributed by atoms with E-state index in [-0.39, 0.29) is 0 Å². The van der Waals surface area contributed by atoms with E-state index in [0.717, 1.165) is 54.7 Å². The van der Waals surface area contributed by atoms with Gasteiger partial charge in [0.05, 0.1) is 10.2 Å². The third kappa shape index (κ3) is 2.57. The van der Waals surface area contributed by atoms with E-state index in [1.54, 1.807) is 17.7 Å². The first kappa shape index (κ1) is 15.5. The van der Waals surface area contributed by atoms with Gasteiger partial charge in [-0.2, -0.15) is 0 Å². The number of anilines is 2. The molecule has 0 atom stereocenters. The van der Waals surface area contributed by atoms with Crippen LogP contribution in [-0.2, 0) is 0 Å². The Hall–Kier alpha value is -2.74. The molecule has 26 heavy (non-hydrogen) atoms. The van der Waals surface area contributed by atoms with Crippen LogP contribution in [-0.4, -0.2) is 50.7 Å². The molecule has 3 aromatic heterocycles. The van der Waals surface area contributed by atoms with Crippen LogP contribution < -0.4 is 9.80 Å². The van der Waals surface area contributed by atoms with Gasteiger partial charge >= 0.3 is 0 Å². The fraction of sp³-hybridized carbons (Fsp3) is 0.333. The first-order valence-electron chi connectivity index (χ1n) is 8.80. The number of fused-ring (bicyclic) bond motifs is 2. The van der Waals surface area contributed by atoms with Crippen molar-refractivity contribution in [2.24, 2.45) is 0 Å². The van der Waals surface area contributed by atoms with Gasteiger partial charge in [-0.05, 0) is 25.0 Å². The maximum Gasteiger partial charge on any atom is 0.203 e. The smallest absolute Gasteiger partial charge is 0.203 e. The number of rotatable bonds is 2. The lowest BCUT2D eigenvalue weighted by Crippen LogP contribution is -2.31. The molecule has 0 N–H and O–H groups in total. The molecule has 5 rings (SSSR count). The monoisotopic (exact) mass is 365 g/mol. The van der Waals surface area contributed by atoms with Gasteiger partial charge in [-0.3, -0.25) is 4.40 Å². The molecule has 1 saturated heterocycles. The minimum Gasteiger partial charge on any atom is -0.352 e. The third-order valence-corrected chi connectivity index (χ3v) is 5.95. The van der Waals surface area contributed by atoms with Gasteiger partial charge in [-0.15, -0.1) is 10.2 Å². The Morgan fingerprint density at radius 2 is 1.96 bits per heavy atom. The lowest BCUT2D eigenvalue weighted by molar-refractivity contribution is 0.796. The molecule has 1 aromatic carbocycles. The topological polar surface area (TPSA) is 62.5 Å². The summed E-state index contributed by atoms with van der Waals surface area (Å²) in [4.78, 5) is 14.2. The fourth-order valence-corrected chi connectivity index (χ4v) is 4.59. The van der Waals surface area contributed by atoms with Crippen LogP contribution in [0.15, 0.2) is 36.9 Å². The van der Waals surface area contributed by atoms with E-state index in [1.165, 1.54) is 10.3 Å². The lowest BCUT2D eigenvalue weighted by Gasteiger charge is -2.22. The lowest BCUT2D eigenvalue weighted by atomic mass is 10.2. The number of hydrogen-bond donors (Lipinski definition) is 0. The van der Waals surface area contributed by atoms with Crippen molar-refractivity contribution in [1.29, 1.82) is 0 Å². The van der Waals surface area contributed by atoms with Crippen LogP contribution in [0.25, 0.3) is 15.9 Å². The summed E-state index contributed by atoms with van der Waals surface area (Å²) in [6.07, 6.45) is 6.47. The fourth-order valence-electron chi connectivity index (χ4n) is 3.50. The van der Waals surface area contributed by atoms with Crippen molar-refractivity contribution in [2.75, 3.05) is 36.0 Å². The highest BCUT2D eigenvalue weighted by molar-refractivity contribution is 7.22. The highest BCUT2D eigenvalue weighted by atomic mass is 32.1. The molecule has 0 unspecified atom stereocenters. The van der Waals surface area contributed by atoms with E-state index < -0.39 is 0 Å². The summed E-state index contributed by atoms with van der Waals surface area (Å²) >= 11 is 1.78. The molecule has 0 spiro atoms. The Morgan fingerprint density at radius 3 is 2.88 bits per heavy atom. The van der Waals surface area contributed by atoms with Gasteiger partial charge in [-0.25, -0.2) is 9.97 Å². The molecule has 7 nitrogen and oxygen atoms in total. The third-order valence-electron chi connectivity index (χ3n) is 4.87. The van der Waals surface area contributed by atoms with Crippen molar-refractivity contribution >= 4 is 38.2 Å². The second kappa shape index (κ2) is 6.21. The molecule has 8 heteroatoms. The average Bonchev–Trinajstić information content (AvgIpc) is 3.23. The van der Waals surface area contributed by atoms with Crippen molar-refractivity contribution in [3.8, 4) is 0 Å². The number of para-hydroxylation sites is 1. The van der Waals surface area contributed by atoms with E-state index >= 15 is 0 Å². The zero-order valence-electron chi connectivity index (χ0n) is 14.5. The van der Waals surface area contributed by atoms with Gasteiger partial charge in [-0.1, -0.05) is 23.5 Å². The molecule has 4 heterocycles. The van der Waals surface area contributed by atoms with Crippen molar-refractivity contribution < 1.29 is 0 Å². The van der Waals surface area contributed by atoms with Crippen molar-refractivity contribution in [3.63, 3.8) is 0 Å². The molecular weight excluding hydrogens is 346 g/mol. The van der Waals surface area contributed by atoms with Crippen LogP contribution in [0.2, 0.25) is 0 Å². The summed E-state index contributed by atoms with van der Waals surface area (Å²) < 4.78 is 3.18. The molecule has 1 aliphatic heterocycles. The standard InChI is InChI=1S/C18H19N7S/c1-13-4-2-5-14-15(13)21-18(26-14)24-8-3-7-23(10-11-24)16-17-22-20-12-25(17)9-6-19-16/h2,4-6,9,12H,3,7-8,10-11H2,1H3. The molecule has 1 fully saturated rings. The number of aromatic nitrogens is 5. The SMILES string of the molecule is Cc1cccc2sc(N3CCCN(c4nccn5cnnc45)CC3)nc12. The molecule has 4 aromatic rings. The van der Waals surface area contributed by atoms with Crippen LogP contribution in [0.1, 0.15) is 12.0 Å². The highest BCUT2D eigenvalue weighted by Gasteiger charge is 2.21. The second-order valence-electron chi connectivity index (χ2n) is 6.56. The van der Waals surface area contributed by atoms with Gasteiger partial charge in [0.15, 0.2) is 10.9 Å². The Morgan fingerprint density at radius 1 is 1.08 bits per heavy atom. The van der Waals surface area contributed by atoms with E-state index in [9.17, 15) is 0 Å². The van der Waals surface area contributed by atoms with Crippen molar-refractivity contribution in [2.45, 2.75) is 13.3 Å². The van der Waals surface area contributed by atoms with Crippen LogP contribution in [0, 0.1) is 6.92 Å². The summed E-state index contributed by atoms with van der Waals surface area (Å²) in [6.45, 7) is 5.91.